The van der Waals surface area contributed by atoms with Gasteiger partial charge in [0.15, 0.2) is 5.17 Å². The van der Waals surface area contributed by atoms with Crippen LogP contribution in [-0.2, 0) is 24.5 Å². The quantitative estimate of drug-likeness (QED) is 0.223. The SMILES string of the molecule is O=C1/C(=C/c2ccc(OCc3ccc(Cl)cc3)cc2)SC(=NCc2ccccc2)N1Cc1ccccc1. The summed E-state index contributed by atoms with van der Waals surface area (Å²) in [5.41, 5.74) is 4.14. The molecular weight excluding hydrogens is 500 g/mol. The predicted octanol–water partition coefficient (Wildman–Crippen LogP) is 7.59. The molecule has 0 radical (unpaired) electrons. The number of hydrogen-bond donors (Lipinski definition) is 0. The van der Waals surface area contributed by atoms with E-state index in [2.05, 4.69) is 0 Å². The molecule has 0 aliphatic carbocycles. The molecule has 1 fully saturated rings. The first-order valence-corrected chi connectivity index (χ1v) is 13.1. The number of halogens is 1. The Morgan fingerprint density at radius 1 is 0.784 bits per heavy atom. The van der Waals surface area contributed by atoms with Crippen molar-refractivity contribution in [3.8, 4) is 5.75 Å². The Balaban J connectivity index is 1.31. The molecule has 0 spiro atoms. The molecule has 1 heterocycles. The molecule has 4 aromatic rings. The van der Waals surface area contributed by atoms with Gasteiger partial charge in [-0.05, 0) is 64.4 Å². The van der Waals surface area contributed by atoms with Crippen molar-refractivity contribution in [2.45, 2.75) is 19.7 Å². The van der Waals surface area contributed by atoms with Gasteiger partial charge in [-0.25, -0.2) is 0 Å². The number of carbonyl (C=O) groups excluding carboxylic acids is 1. The Hall–Kier alpha value is -3.80. The van der Waals surface area contributed by atoms with Crippen LogP contribution in [0.2, 0.25) is 5.02 Å². The number of rotatable bonds is 8. The van der Waals surface area contributed by atoms with Gasteiger partial charge in [0.05, 0.1) is 18.0 Å². The Kier molecular flexibility index (Phi) is 8.04. The van der Waals surface area contributed by atoms with E-state index >= 15 is 0 Å². The van der Waals surface area contributed by atoms with Gasteiger partial charge >= 0.3 is 0 Å². The minimum Gasteiger partial charge on any atom is -0.489 e. The summed E-state index contributed by atoms with van der Waals surface area (Å²) in [6.45, 7) is 1.46. The molecule has 1 aliphatic rings. The molecule has 0 unspecified atom stereocenters. The highest BCUT2D eigenvalue weighted by atomic mass is 35.5. The summed E-state index contributed by atoms with van der Waals surface area (Å²) in [6, 6.07) is 35.4. The van der Waals surface area contributed by atoms with Crippen molar-refractivity contribution >= 4 is 40.5 Å². The highest BCUT2D eigenvalue weighted by Crippen LogP contribution is 2.34. The number of ether oxygens (including phenoxy) is 1. The van der Waals surface area contributed by atoms with E-state index in [0.717, 1.165) is 28.0 Å². The molecule has 0 bridgehead atoms. The van der Waals surface area contributed by atoms with Gasteiger partial charge < -0.3 is 4.74 Å². The molecule has 4 nitrogen and oxygen atoms in total. The first-order valence-electron chi connectivity index (χ1n) is 11.9. The van der Waals surface area contributed by atoms with E-state index in [1.165, 1.54) is 11.8 Å². The van der Waals surface area contributed by atoms with Crippen LogP contribution < -0.4 is 4.74 Å². The van der Waals surface area contributed by atoms with Crippen LogP contribution in [0, 0.1) is 0 Å². The largest absolute Gasteiger partial charge is 0.489 e. The van der Waals surface area contributed by atoms with Gasteiger partial charge in [-0.15, -0.1) is 0 Å². The Bertz CT molecular complexity index is 1400. The van der Waals surface area contributed by atoms with Crippen LogP contribution in [0.25, 0.3) is 6.08 Å². The summed E-state index contributed by atoms with van der Waals surface area (Å²) >= 11 is 7.37. The minimum absolute atomic E-state index is 0.0382. The van der Waals surface area contributed by atoms with Crippen molar-refractivity contribution in [1.29, 1.82) is 0 Å². The van der Waals surface area contributed by atoms with Gasteiger partial charge in [0.2, 0.25) is 0 Å². The molecule has 0 N–H and O–H groups in total. The standard InChI is InChI=1S/C31H25ClN2O2S/c32-27-15-11-26(12-16-27)22-36-28-17-13-23(14-18-28)19-29-30(35)34(21-25-9-5-2-6-10-25)31(37-29)33-20-24-7-3-1-4-8-24/h1-19H,20-22H2/b29-19-,33-31?. The van der Waals surface area contributed by atoms with E-state index in [1.54, 1.807) is 4.90 Å². The number of benzene rings is 4. The third-order valence-corrected chi connectivity index (χ3v) is 7.10. The number of aliphatic imine (C=N–C) groups is 1. The van der Waals surface area contributed by atoms with Gasteiger partial charge in [0, 0.05) is 5.02 Å². The molecule has 1 aliphatic heterocycles. The summed E-state index contributed by atoms with van der Waals surface area (Å²) in [4.78, 5) is 20.6. The number of amidine groups is 1. The summed E-state index contributed by atoms with van der Waals surface area (Å²) in [6.07, 6.45) is 1.92. The second-order valence-electron chi connectivity index (χ2n) is 8.56. The molecule has 1 saturated heterocycles. The van der Waals surface area contributed by atoms with Crippen molar-refractivity contribution in [2.24, 2.45) is 4.99 Å². The van der Waals surface area contributed by atoms with Crippen molar-refractivity contribution in [2.75, 3.05) is 0 Å². The first-order chi connectivity index (χ1) is 18.1. The highest BCUT2D eigenvalue weighted by molar-refractivity contribution is 8.18. The van der Waals surface area contributed by atoms with Gasteiger partial charge in [-0.1, -0.05) is 96.5 Å². The molecule has 1 amide bonds. The van der Waals surface area contributed by atoms with Gasteiger partial charge in [0.25, 0.3) is 5.91 Å². The fraction of sp³-hybridized carbons (Fsp3) is 0.0968. The minimum atomic E-state index is -0.0382. The van der Waals surface area contributed by atoms with E-state index in [0.29, 0.717) is 34.8 Å². The van der Waals surface area contributed by atoms with E-state index in [1.807, 2.05) is 115 Å². The maximum Gasteiger partial charge on any atom is 0.267 e. The van der Waals surface area contributed by atoms with E-state index in [4.69, 9.17) is 21.3 Å². The smallest absolute Gasteiger partial charge is 0.267 e. The van der Waals surface area contributed by atoms with Crippen LogP contribution in [0.3, 0.4) is 0 Å². The lowest BCUT2D eigenvalue weighted by molar-refractivity contribution is -0.122. The molecule has 184 valence electrons. The lowest BCUT2D eigenvalue weighted by Crippen LogP contribution is -2.28. The van der Waals surface area contributed by atoms with E-state index in [-0.39, 0.29) is 5.91 Å². The first kappa shape index (κ1) is 24.9. The average molecular weight is 525 g/mol. The molecule has 0 saturated carbocycles. The maximum atomic E-state index is 13.4. The zero-order chi connectivity index (χ0) is 25.5. The second kappa shape index (κ2) is 12.0. The fourth-order valence-electron chi connectivity index (χ4n) is 3.83. The molecular formula is C31H25ClN2O2S. The van der Waals surface area contributed by atoms with Crippen LogP contribution in [0.1, 0.15) is 22.3 Å². The van der Waals surface area contributed by atoms with Gasteiger partial charge in [-0.3, -0.25) is 14.7 Å². The van der Waals surface area contributed by atoms with Crippen LogP contribution >= 0.6 is 23.4 Å². The zero-order valence-corrected chi connectivity index (χ0v) is 21.7. The number of carbonyl (C=O) groups is 1. The van der Waals surface area contributed by atoms with Crippen molar-refractivity contribution < 1.29 is 9.53 Å². The normalized spacial score (nSPS) is 15.5. The summed E-state index contributed by atoms with van der Waals surface area (Å²) in [5.74, 6) is 0.724. The highest BCUT2D eigenvalue weighted by Gasteiger charge is 2.33. The summed E-state index contributed by atoms with van der Waals surface area (Å²) < 4.78 is 5.89. The summed E-state index contributed by atoms with van der Waals surface area (Å²) in [7, 11) is 0. The fourth-order valence-corrected chi connectivity index (χ4v) is 4.93. The van der Waals surface area contributed by atoms with Crippen LogP contribution in [0.4, 0.5) is 0 Å². The Labute approximate surface area is 226 Å². The predicted molar refractivity (Wildman–Crippen MR) is 152 cm³/mol. The molecule has 37 heavy (non-hydrogen) atoms. The molecule has 5 rings (SSSR count). The van der Waals surface area contributed by atoms with Crippen LogP contribution in [0.5, 0.6) is 5.75 Å². The van der Waals surface area contributed by atoms with Crippen LogP contribution in [-0.4, -0.2) is 16.0 Å². The maximum absolute atomic E-state index is 13.4. The monoisotopic (exact) mass is 524 g/mol. The van der Waals surface area contributed by atoms with Crippen molar-refractivity contribution in [3.63, 3.8) is 0 Å². The second-order valence-corrected chi connectivity index (χ2v) is 10.0. The average Bonchev–Trinajstić information content (AvgIpc) is 3.22. The lowest BCUT2D eigenvalue weighted by Gasteiger charge is -2.15. The molecule has 4 aromatic carbocycles. The number of nitrogens with zero attached hydrogens (tertiary/aromatic N) is 2. The van der Waals surface area contributed by atoms with Crippen LogP contribution in [0.15, 0.2) is 119 Å². The van der Waals surface area contributed by atoms with Gasteiger partial charge in [-0.2, -0.15) is 0 Å². The Morgan fingerprint density at radius 2 is 1.43 bits per heavy atom. The van der Waals surface area contributed by atoms with E-state index in [9.17, 15) is 4.79 Å². The third kappa shape index (κ3) is 6.70. The number of amides is 1. The molecule has 6 heteroatoms. The van der Waals surface area contributed by atoms with E-state index < -0.39 is 0 Å². The van der Waals surface area contributed by atoms with Gasteiger partial charge in [0.1, 0.15) is 12.4 Å². The van der Waals surface area contributed by atoms with Crippen molar-refractivity contribution in [3.05, 3.63) is 141 Å². The third-order valence-electron chi connectivity index (χ3n) is 5.81. The molecule has 0 aromatic heterocycles. The topological polar surface area (TPSA) is 41.9 Å². The number of thioether (sulfide) groups is 1. The van der Waals surface area contributed by atoms with Crippen molar-refractivity contribution in [1.82, 2.24) is 4.90 Å². The number of hydrogen-bond acceptors (Lipinski definition) is 4. The molecule has 0 atom stereocenters. The zero-order valence-electron chi connectivity index (χ0n) is 20.1. The lowest BCUT2D eigenvalue weighted by atomic mass is 10.2. The summed E-state index contributed by atoms with van der Waals surface area (Å²) in [5, 5.41) is 1.42. The Morgan fingerprint density at radius 3 is 2.11 bits per heavy atom.